The lowest BCUT2D eigenvalue weighted by Gasteiger charge is -2.14. The summed E-state index contributed by atoms with van der Waals surface area (Å²) in [5.41, 5.74) is 1.84. The van der Waals surface area contributed by atoms with Crippen molar-refractivity contribution in [2.45, 2.75) is 39.2 Å². The predicted octanol–water partition coefficient (Wildman–Crippen LogP) is 3.83. The summed E-state index contributed by atoms with van der Waals surface area (Å²) in [4.78, 5) is 34.7. The minimum atomic E-state index is -1.02. The van der Waals surface area contributed by atoms with E-state index < -0.39 is 22.9 Å². The standard InChI is InChI=1S/C20H22N2O5/c1-13(2)15-8-10-17(11-9-15)21-20(24)14(3)27-19(23)12-16-6-4-5-7-18(16)22(25)26/h4-11,13-14H,12H2,1-3H3,(H,21,24)/t14-/m0/s1. The van der Waals surface area contributed by atoms with Gasteiger partial charge in [-0.2, -0.15) is 0 Å². The zero-order valence-corrected chi connectivity index (χ0v) is 15.5. The highest BCUT2D eigenvalue weighted by molar-refractivity contribution is 5.95. The molecule has 0 heterocycles. The maximum Gasteiger partial charge on any atom is 0.311 e. The second kappa shape index (κ2) is 8.93. The lowest BCUT2D eigenvalue weighted by atomic mass is 10.0. The number of ether oxygens (including phenoxy) is 1. The SMILES string of the molecule is CC(C)c1ccc(NC(=O)[C@H](C)OC(=O)Cc2ccccc2[N+](=O)[O-])cc1. The van der Waals surface area contributed by atoms with Crippen LogP contribution in [-0.4, -0.2) is 22.9 Å². The van der Waals surface area contributed by atoms with Crippen LogP contribution in [0.3, 0.4) is 0 Å². The zero-order valence-electron chi connectivity index (χ0n) is 15.5. The fourth-order valence-corrected chi connectivity index (χ4v) is 2.48. The molecule has 2 rings (SSSR count). The Labute approximate surface area is 157 Å². The number of benzene rings is 2. The first-order chi connectivity index (χ1) is 12.8. The maximum atomic E-state index is 12.2. The van der Waals surface area contributed by atoms with Crippen LogP contribution in [0.4, 0.5) is 11.4 Å². The van der Waals surface area contributed by atoms with Crippen molar-refractivity contribution in [1.29, 1.82) is 0 Å². The van der Waals surface area contributed by atoms with Gasteiger partial charge in [-0.1, -0.05) is 44.2 Å². The summed E-state index contributed by atoms with van der Waals surface area (Å²) in [5, 5.41) is 13.7. The number of rotatable bonds is 7. The molecule has 0 saturated heterocycles. The minimum absolute atomic E-state index is 0.156. The number of para-hydroxylation sites is 1. The minimum Gasteiger partial charge on any atom is -0.452 e. The molecule has 0 saturated carbocycles. The van der Waals surface area contributed by atoms with Crippen LogP contribution in [0.15, 0.2) is 48.5 Å². The Morgan fingerprint density at radius 1 is 1.07 bits per heavy atom. The van der Waals surface area contributed by atoms with Gasteiger partial charge in [-0.15, -0.1) is 0 Å². The Bertz CT molecular complexity index is 831. The molecule has 0 bridgehead atoms. The number of anilines is 1. The average molecular weight is 370 g/mol. The lowest BCUT2D eigenvalue weighted by Crippen LogP contribution is -2.30. The summed E-state index contributed by atoms with van der Waals surface area (Å²) in [6, 6.07) is 13.3. The van der Waals surface area contributed by atoms with Gasteiger partial charge in [0.05, 0.1) is 11.3 Å². The monoisotopic (exact) mass is 370 g/mol. The van der Waals surface area contributed by atoms with Crippen LogP contribution in [0, 0.1) is 10.1 Å². The van der Waals surface area contributed by atoms with Gasteiger partial charge in [0.1, 0.15) is 0 Å². The molecule has 2 aromatic rings. The smallest absolute Gasteiger partial charge is 0.311 e. The first-order valence-corrected chi connectivity index (χ1v) is 8.60. The van der Waals surface area contributed by atoms with E-state index in [9.17, 15) is 19.7 Å². The van der Waals surface area contributed by atoms with Gasteiger partial charge in [0.15, 0.2) is 6.10 Å². The Hall–Kier alpha value is -3.22. The molecule has 0 fully saturated rings. The number of hydrogen-bond donors (Lipinski definition) is 1. The second-order valence-corrected chi connectivity index (χ2v) is 6.46. The van der Waals surface area contributed by atoms with Gasteiger partial charge in [-0.05, 0) is 30.5 Å². The van der Waals surface area contributed by atoms with Crippen molar-refractivity contribution in [2.75, 3.05) is 5.32 Å². The third-order valence-electron chi connectivity index (χ3n) is 4.05. The summed E-state index contributed by atoms with van der Waals surface area (Å²) < 4.78 is 5.11. The van der Waals surface area contributed by atoms with Gasteiger partial charge >= 0.3 is 5.97 Å². The van der Waals surface area contributed by atoms with Crippen LogP contribution in [0.25, 0.3) is 0 Å². The third kappa shape index (κ3) is 5.64. The maximum absolute atomic E-state index is 12.2. The van der Waals surface area contributed by atoms with Crippen LogP contribution in [0.1, 0.15) is 37.8 Å². The van der Waals surface area contributed by atoms with Gasteiger partial charge in [0, 0.05) is 17.3 Å². The molecule has 7 nitrogen and oxygen atoms in total. The van der Waals surface area contributed by atoms with Crippen molar-refractivity contribution in [1.82, 2.24) is 0 Å². The largest absolute Gasteiger partial charge is 0.452 e. The van der Waals surface area contributed by atoms with Crippen LogP contribution < -0.4 is 5.32 Å². The molecule has 0 radical (unpaired) electrons. The van der Waals surface area contributed by atoms with Crippen molar-refractivity contribution < 1.29 is 19.2 Å². The number of nitrogens with one attached hydrogen (secondary N) is 1. The highest BCUT2D eigenvalue weighted by atomic mass is 16.6. The van der Waals surface area contributed by atoms with E-state index in [4.69, 9.17) is 4.74 Å². The number of nitrogens with zero attached hydrogens (tertiary/aromatic N) is 1. The number of amides is 1. The molecule has 142 valence electrons. The molecule has 1 N–H and O–H groups in total. The number of esters is 1. The van der Waals surface area contributed by atoms with E-state index in [1.165, 1.54) is 25.1 Å². The molecule has 7 heteroatoms. The first kappa shape index (κ1) is 20.1. The van der Waals surface area contributed by atoms with Gasteiger partial charge in [-0.3, -0.25) is 19.7 Å². The van der Waals surface area contributed by atoms with E-state index in [1.807, 2.05) is 12.1 Å². The molecule has 1 amide bonds. The summed E-state index contributed by atoms with van der Waals surface area (Å²) >= 11 is 0. The highest BCUT2D eigenvalue weighted by Gasteiger charge is 2.21. The van der Waals surface area contributed by atoms with E-state index in [1.54, 1.807) is 18.2 Å². The Balaban J connectivity index is 1.94. The molecule has 0 aromatic heterocycles. The molecule has 0 aliphatic heterocycles. The van der Waals surface area contributed by atoms with Crippen LogP contribution in [0.5, 0.6) is 0 Å². The fourth-order valence-electron chi connectivity index (χ4n) is 2.48. The lowest BCUT2D eigenvalue weighted by molar-refractivity contribution is -0.385. The van der Waals surface area contributed by atoms with Crippen molar-refractivity contribution in [3.63, 3.8) is 0 Å². The molecule has 0 unspecified atom stereocenters. The molecular formula is C20H22N2O5. The van der Waals surface area contributed by atoms with Gasteiger partial charge < -0.3 is 10.1 Å². The number of hydrogen-bond acceptors (Lipinski definition) is 5. The van der Waals surface area contributed by atoms with Crippen molar-refractivity contribution >= 4 is 23.3 Å². The molecule has 0 aliphatic carbocycles. The van der Waals surface area contributed by atoms with Crippen molar-refractivity contribution in [3.8, 4) is 0 Å². The summed E-state index contributed by atoms with van der Waals surface area (Å²) in [5.74, 6) is -0.790. The number of carbonyl (C=O) groups is 2. The molecule has 2 aromatic carbocycles. The predicted molar refractivity (Wildman–Crippen MR) is 102 cm³/mol. The second-order valence-electron chi connectivity index (χ2n) is 6.46. The summed E-state index contributed by atoms with van der Waals surface area (Å²) in [7, 11) is 0. The number of carbonyl (C=O) groups excluding carboxylic acids is 2. The molecular weight excluding hydrogens is 348 g/mol. The van der Waals surface area contributed by atoms with Crippen molar-refractivity contribution in [3.05, 3.63) is 69.8 Å². The molecule has 0 spiro atoms. The van der Waals surface area contributed by atoms with Gasteiger partial charge in [0.25, 0.3) is 11.6 Å². The fraction of sp³-hybridized carbons (Fsp3) is 0.300. The molecule has 0 aliphatic rings. The Morgan fingerprint density at radius 3 is 2.30 bits per heavy atom. The van der Waals surface area contributed by atoms with E-state index in [0.717, 1.165) is 5.56 Å². The van der Waals surface area contributed by atoms with E-state index in [2.05, 4.69) is 19.2 Å². The quantitative estimate of drug-likeness (QED) is 0.454. The van der Waals surface area contributed by atoms with Crippen LogP contribution >= 0.6 is 0 Å². The summed E-state index contributed by atoms with van der Waals surface area (Å²) in [6.07, 6.45) is -1.30. The summed E-state index contributed by atoms with van der Waals surface area (Å²) in [6.45, 7) is 5.60. The van der Waals surface area contributed by atoms with E-state index in [0.29, 0.717) is 11.6 Å². The van der Waals surface area contributed by atoms with Crippen LogP contribution in [-0.2, 0) is 20.7 Å². The normalized spacial score (nSPS) is 11.7. The Morgan fingerprint density at radius 2 is 1.70 bits per heavy atom. The molecule has 1 atom stereocenters. The van der Waals surface area contributed by atoms with Gasteiger partial charge in [-0.25, -0.2) is 0 Å². The zero-order chi connectivity index (χ0) is 20.0. The van der Waals surface area contributed by atoms with E-state index >= 15 is 0 Å². The first-order valence-electron chi connectivity index (χ1n) is 8.60. The number of nitro groups is 1. The highest BCUT2D eigenvalue weighted by Crippen LogP contribution is 2.19. The van der Waals surface area contributed by atoms with E-state index in [-0.39, 0.29) is 17.7 Å². The molecule has 27 heavy (non-hydrogen) atoms. The third-order valence-corrected chi connectivity index (χ3v) is 4.05. The van der Waals surface area contributed by atoms with Gasteiger partial charge in [0.2, 0.25) is 0 Å². The Kier molecular flexibility index (Phi) is 6.65. The van der Waals surface area contributed by atoms with Crippen LogP contribution in [0.2, 0.25) is 0 Å². The topological polar surface area (TPSA) is 98.5 Å². The van der Waals surface area contributed by atoms with Crippen molar-refractivity contribution in [2.24, 2.45) is 0 Å². The average Bonchev–Trinajstić information content (AvgIpc) is 2.62. The number of nitro benzene ring substituents is 1.